The lowest BCUT2D eigenvalue weighted by Gasteiger charge is -2.44. The van der Waals surface area contributed by atoms with E-state index in [-0.39, 0.29) is 5.97 Å². The monoisotopic (exact) mass is 269 g/mol. The Kier molecular flexibility index (Phi) is 4.81. The number of esters is 1. The summed E-state index contributed by atoms with van der Waals surface area (Å²) in [7, 11) is 1.43. The molecular formula is C14H27N3O2. The van der Waals surface area contributed by atoms with Crippen molar-refractivity contribution in [1.82, 2.24) is 9.80 Å². The highest BCUT2D eigenvalue weighted by molar-refractivity contribution is 5.80. The van der Waals surface area contributed by atoms with E-state index in [0.717, 1.165) is 58.4 Å². The summed E-state index contributed by atoms with van der Waals surface area (Å²) < 4.78 is 4.87. The molecule has 5 heteroatoms. The minimum atomic E-state index is -0.764. The highest BCUT2D eigenvalue weighted by Crippen LogP contribution is 2.30. The standard InChI is InChI=1S/C14H27N3O2/c1-3-16-7-9-17(10-8-16)12-5-4-6-14(15,11-12)13(18)19-2/h12H,3-11,15H2,1-2H3. The summed E-state index contributed by atoms with van der Waals surface area (Å²) in [5.74, 6) is -0.246. The van der Waals surface area contributed by atoms with Crippen LogP contribution in [0.1, 0.15) is 32.6 Å². The quantitative estimate of drug-likeness (QED) is 0.753. The van der Waals surface area contributed by atoms with E-state index < -0.39 is 5.54 Å². The molecule has 0 aromatic heterocycles. The van der Waals surface area contributed by atoms with Crippen molar-refractivity contribution in [3.8, 4) is 0 Å². The number of carbonyl (C=O) groups excluding carboxylic acids is 1. The minimum Gasteiger partial charge on any atom is -0.468 e. The number of methoxy groups -OCH3 is 1. The molecule has 5 nitrogen and oxygen atoms in total. The van der Waals surface area contributed by atoms with Crippen LogP contribution in [0.4, 0.5) is 0 Å². The molecule has 2 aliphatic rings. The first kappa shape index (κ1) is 14.8. The molecule has 2 N–H and O–H groups in total. The van der Waals surface area contributed by atoms with Crippen LogP contribution in [-0.2, 0) is 9.53 Å². The van der Waals surface area contributed by atoms with Gasteiger partial charge in [-0.3, -0.25) is 9.69 Å². The van der Waals surface area contributed by atoms with E-state index in [0.29, 0.717) is 6.04 Å². The number of carbonyl (C=O) groups is 1. The molecule has 0 spiro atoms. The molecular weight excluding hydrogens is 242 g/mol. The van der Waals surface area contributed by atoms with Gasteiger partial charge in [0.1, 0.15) is 5.54 Å². The van der Waals surface area contributed by atoms with Gasteiger partial charge in [0.25, 0.3) is 0 Å². The lowest BCUT2D eigenvalue weighted by molar-refractivity contribution is -0.149. The van der Waals surface area contributed by atoms with Crippen molar-refractivity contribution in [2.45, 2.75) is 44.2 Å². The maximum Gasteiger partial charge on any atom is 0.325 e. The summed E-state index contributed by atoms with van der Waals surface area (Å²) in [6.07, 6.45) is 3.67. The van der Waals surface area contributed by atoms with Crippen molar-refractivity contribution >= 4 is 5.97 Å². The third kappa shape index (κ3) is 3.27. The molecule has 19 heavy (non-hydrogen) atoms. The largest absolute Gasteiger partial charge is 0.468 e. The molecule has 1 heterocycles. The third-order valence-corrected chi connectivity index (χ3v) is 4.72. The van der Waals surface area contributed by atoms with E-state index in [2.05, 4.69) is 16.7 Å². The molecule has 1 saturated carbocycles. The van der Waals surface area contributed by atoms with E-state index in [1.165, 1.54) is 7.11 Å². The second-order valence-corrected chi connectivity index (χ2v) is 5.87. The molecule has 1 aliphatic heterocycles. The van der Waals surface area contributed by atoms with Gasteiger partial charge in [0.2, 0.25) is 0 Å². The smallest absolute Gasteiger partial charge is 0.325 e. The van der Waals surface area contributed by atoms with E-state index in [1.807, 2.05) is 0 Å². The van der Waals surface area contributed by atoms with Crippen LogP contribution in [0.15, 0.2) is 0 Å². The van der Waals surface area contributed by atoms with Crippen LogP contribution >= 0.6 is 0 Å². The van der Waals surface area contributed by atoms with Gasteiger partial charge in [0, 0.05) is 32.2 Å². The molecule has 110 valence electrons. The Morgan fingerprint density at radius 3 is 2.63 bits per heavy atom. The minimum absolute atomic E-state index is 0.246. The zero-order valence-corrected chi connectivity index (χ0v) is 12.2. The molecule has 2 fully saturated rings. The van der Waals surface area contributed by atoms with Crippen LogP contribution in [0.2, 0.25) is 0 Å². The van der Waals surface area contributed by atoms with E-state index in [9.17, 15) is 4.79 Å². The van der Waals surface area contributed by atoms with Gasteiger partial charge in [-0.25, -0.2) is 0 Å². The van der Waals surface area contributed by atoms with Gasteiger partial charge in [0.15, 0.2) is 0 Å². The summed E-state index contributed by atoms with van der Waals surface area (Å²) in [5.41, 5.74) is 5.49. The predicted molar refractivity (Wildman–Crippen MR) is 74.9 cm³/mol. The first-order valence-corrected chi connectivity index (χ1v) is 7.43. The molecule has 2 unspecified atom stereocenters. The fourth-order valence-corrected chi connectivity index (χ4v) is 3.42. The summed E-state index contributed by atoms with van der Waals surface area (Å²) in [6, 6.07) is 0.442. The molecule has 1 saturated heterocycles. The second kappa shape index (κ2) is 6.20. The first-order valence-electron chi connectivity index (χ1n) is 7.43. The Hall–Kier alpha value is -0.650. The van der Waals surface area contributed by atoms with Gasteiger partial charge in [-0.05, 0) is 32.2 Å². The number of rotatable bonds is 3. The number of hydrogen-bond donors (Lipinski definition) is 1. The van der Waals surface area contributed by atoms with Crippen LogP contribution in [0.25, 0.3) is 0 Å². The van der Waals surface area contributed by atoms with E-state index in [4.69, 9.17) is 10.5 Å². The van der Waals surface area contributed by atoms with Gasteiger partial charge >= 0.3 is 5.97 Å². The number of nitrogens with two attached hydrogens (primary N) is 1. The van der Waals surface area contributed by atoms with E-state index in [1.54, 1.807) is 0 Å². The summed E-state index contributed by atoms with van der Waals surface area (Å²) >= 11 is 0. The highest BCUT2D eigenvalue weighted by atomic mass is 16.5. The zero-order chi connectivity index (χ0) is 13.9. The van der Waals surface area contributed by atoms with Crippen molar-refractivity contribution in [2.75, 3.05) is 39.8 Å². The number of nitrogens with zero attached hydrogens (tertiary/aromatic N) is 2. The lowest BCUT2D eigenvalue weighted by Crippen LogP contribution is -2.58. The SMILES string of the molecule is CCN1CCN(C2CCCC(N)(C(=O)OC)C2)CC1. The Morgan fingerprint density at radius 1 is 1.37 bits per heavy atom. The van der Waals surface area contributed by atoms with Crippen molar-refractivity contribution in [1.29, 1.82) is 0 Å². The van der Waals surface area contributed by atoms with Gasteiger partial charge in [-0.15, -0.1) is 0 Å². The number of ether oxygens (including phenoxy) is 1. The lowest BCUT2D eigenvalue weighted by atomic mass is 9.79. The molecule has 2 rings (SSSR count). The van der Waals surface area contributed by atoms with Crippen LogP contribution in [0.3, 0.4) is 0 Å². The molecule has 0 bridgehead atoms. The highest BCUT2D eigenvalue weighted by Gasteiger charge is 2.42. The van der Waals surface area contributed by atoms with Crippen LogP contribution < -0.4 is 5.73 Å². The van der Waals surface area contributed by atoms with Crippen molar-refractivity contribution in [3.63, 3.8) is 0 Å². The average molecular weight is 269 g/mol. The van der Waals surface area contributed by atoms with Crippen molar-refractivity contribution < 1.29 is 9.53 Å². The Bertz CT molecular complexity index is 316. The fourth-order valence-electron chi connectivity index (χ4n) is 3.42. The summed E-state index contributed by atoms with van der Waals surface area (Å²) in [5, 5.41) is 0. The van der Waals surface area contributed by atoms with Crippen molar-refractivity contribution in [2.24, 2.45) is 5.73 Å². The number of hydrogen-bond acceptors (Lipinski definition) is 5. The molecule has 0 radical (unpaired) electrons. The molecule has 2 atom stereocenters. The topological polar surface area (TPSA) is 58.8 Å². The van der Waals surface area contributed by atoms with Crippen LogP contribution in [-0.4, -0.2) is 67.2 Å². The molecule has 0 amide bonds. The Balaban J connectivity index is 1.93. The second-order valence-electron chi connectivity index (χ2n) is 5.87. The predicted octanol–water partition coefficient (Wildman–Crippen LogP) is 0.437. The van der Waals surface area contributed by atoms with Gasteiger partial charge in [-0.1, -0.05) is 6.92 Å². The average Bonchev–Trinajstić information content (AvgIpc) is 2.46. The normalized spacial score (nSPS) is 34.2. The summed E-state index contributed by atoms with van der Waals surface area (Å²) in [6.45, 7) is 7.77. The molecule has 0 aromatic carbocycles. The van der Waals surface area contributed by atoms with Crippen LogP contribution in [0.5, 0.6) is 0 Å². The zero-order valence-electron chi connectivity index (χ0n) is 12.2. The summed E-state index contributed by atoms with van der Waals surface area (Å²) in [4.78, 5) is 16.8. The van der Waals surface area contributed by atoms with Crippen LogP contribution in [0, 0.1) is 0 Å². The van der Waals surface area contributed by atoms with Crippen molar-refractivity contribution in [3.05, 3.63) is 0 Å². The third-order valence-electron chi connectivity index (χ3n) is 4.72. The maximum atomic E-state index is 11.8. The Morgan fingerprint density at radius 2 is 2.05 bits per heavy atom. The van der Waals surface area contributed by atoms with E-state index >= 15 is 0 Å². The molecule has 1 aliphatic carbocycles. The number of piperazine rings is 1. The Labute approximate surface area is 116 Å². The van der Waals surface area contributed by atoms with Gasteiger partial charge in [0.05, 0.1) is 7.11 Å². The first-order chi connectivity index (χ1) is 9.09. The molecule has 0 aromatic rings. The maximum absolute atomic E-state index is 11.8. The fraction of sp³-hybridized carbons (Fsp3) is 0.929. The van der Waals surface area contributed by atoms with Gasteiger partial charge in [-0.2, -0.15) is 0 Å². The van der Waals surface area contributed by atoms with Gasteiger partial charge < -0.3 is 15.4 Å². The number of likely N-dealkylation sites (N-methyl/N-ethyl adjacent to an activating group) is 1.